The Bertz CT molecular complexity index is 630. The highest BCUT2D eigenvalue weighted by Crippen LogP contribution is 2.17. The van der Waals surface area contributed by atoms with Crippen LogP contribution in [-0.2, 0) is 4.79 Å². The molecule has 0 bridgehead atoms. The number of aromatic nitrogens is 2. The Morgan fingerprint density at radius 2 is 1.62 bits per heavy atom. The second-order valence-corrected chi connectivity index (χ2v) is 5.95. The molecule has 5 heteroatoms. The van der Waals surface area contributed by atoms with E-state index in [1.54, 1.807) is 0 Å². The Balaban J connectivity index is 1.93. The van der Waals surface area contributed by atoms with Gasteiger partial charge in [0.1, 0.15) is 0 Å². The normalized spacial score (nSPS) is 10.5. The van der Waals surface area contributed by atoms with E-state index < -0.39 is 0 Å². The minimum atomic E-state index is -0.0525. The summed E-state index contributed by atoms with van der Waals surface area (Å²) in [5.41, 5.74) is 5.00. The number of benzene rings is 1. The van der Waals surface area contributed by atoms with Gasteiger partial charge >= 0.3 is 0 Å². The van der Waals surface area contributed by atoms with Crippen LogP contribution in [0.4, 0.5) is 5.69 Å². The first-order valence-corrected chi connectivity index (χ1v) is 7.75. The largest absolute Gasteiger partial charge is 0.325 e. The molecule has 110 valence electrons. The Morgan fingerprint density at radius 3 is 2.19 bits per heavy atom. The van der Waals surface area contributed by atoms with E-state index in [1.807, 2.05) is 52.0 Å². The molecule has 0 saturated carbocycles. The second-order valence-electron chi connectivity index (χ2n) is 5.00. The van der Waals surface area contributed by atoms with Crippen LogP contribution in [0.2, 0.25) is 0 Å². The number of rotatable bonds is 4. The van der Waals surface area contributed by atoms with Gasteiger partial charge in [-0.25, -0.2) is 9.97 Å². The maximum atomic E-state index is 11.9. The van der Waals surface area contributed by atoms with Crippen molar-refractivity contribution in [2.75, 3.05) is 11.1 Å². The van der Waals surface area contributed by atoms with Crippen molar-refractivity contribution < 1.29 is 4.79 Å². The van der Waals surface area contributed by atoms with Crippen LogP contribution in [0.25, 0.3) is 0 Å². The van der Waals surface area contributed by atoms with Gasteiger partial charge in [-0.1, -0.05) is 29.5 Å². The molecule has 2 rings (SSSR count). The third-order valence-corrected chi connectivity index (χ3v) is 4.13. The predicted molar refractivity (Wildman–Crippen MR) is 86.8 cm³/mol. The van der Waals surface area contributed by atoms with E-state index in [0.29, 0.717) is 10.9 Å². The third-order valence-electron chi connectivity index (χ3n) is 3.28. The van der Waals surface area contributed by atoms with Gasteiger partial charge in [0.25, 0.3) is 0 Å². The summed E-state index contributed by atoms with van der Waals surface area (Å²) in [5.74, 6) is 0.249. The molecular formula is C16H19N3OS. The van der Waals surface area contributed by atoms with E-state index in [9.17, 15) is 4.79 Å². The number of aryl methyl sites for hydroxylation is 3. The monoisotopic (exact) mass is 301 g/mol. The third kappa shape index (κ3) is 4.29. The summed E-state index contributed by atoms with van der Waals surface area (Å²) in [6, 6.07) is 7.74. The molecule has 0 aliphatic rings. The van der Waals surface area contributed by atoms with E-state index in [-0.39, 0.29) is 5.91 Å². The van der Waals surface area contributed by atoms with Crippen LogP contribution in [-0.4, -0.2) is 21.6 Å². The molecule has 1 aromatic heterocycles. The number of carbonyl (C=O) groups is 1. The molecule has 1 N–H and O–H groups in total. The van der Waals surface area contributed by atoms with Gasteiger partial charge < -0.3 is 5.32 Å². The van der Waals surface area contributed by atoms with Crippen molar-refractivity contribution in [3.8, 4) is 0 Å². The summed E-state index contributed by atoms with van der Waals surface area (Å²) < 4.78 is 0. The lowest BCUT2D eigenvalue weighted by Crippen LogP contribution is -2.14. The van der Waals surface area contributed by atoms with Crippen LogP contribution < -0.4 is 5.32 Å². The van der Waals surface area contributed by atoms with Crippen molar-refractivity contribution in [2.24, 2.45) is 0 Å². The highest BCUT2D eigenvalue weighted by molar-refractivity contribution is 7.99. The fraction of sp³-hybridized carbons (Fsp3) is 0.312. The maximum absolute atomic E-state index is 11.9. The Kier molecular flexibility index (Phi) is 4.96. The lowest BCUT2D eigenvalue weighted by atomic mass is 10.2. The topological polar surface area (TPSA) is 54.9 Å². The highest BCUT2D eigenvalue weighted by Gasteiger charge is 2.08. The predicted octanol–water partition coefficient (Wildman–Crippen LogP) is 3.44. The minimum Gasteiger partial charge on any atom is -0.325 e. The molecule has 0 saturated heterocycles. The summed E-state index contributed by atoms with van der Waals surface area (Å²) in [6.07, 6.45) is 0. The number of hydrogen-bond acceptors (Lipinski definition) is 4. The smallest absolute Gasteiger partial charge is 0.234 e. The number of hydrogen-bond donors (Lipinski definition) is 1. The zero-order valence-electron chi connectivity index (χ0n) is 12.7. The first kappa shape index (κ1) is 15.5. The van der Waals surface area contributed by atoms with Gasteiger partial charge in [0, 0.05) is 17.1 Å². The SMILES string of the molecule is Cc1ccc(NC(=O)CSc2nc(C)c(C)c(C)n2)cc1. The number of nitrogens with one attached hydrogen (secondary N) is 1. The van der Waals surface area contributed by atoms with Gasteiger partial charge in [-0.3, -0.25) is 4.79 Å². The van der Waals surface area contributed by atoms with Gasteiger partial charge in [0.2, 0.25) is 5.91 Å². The van der Waals surface area contributed by atoms with Crippen molar-refractivity contribution in [3.63, 3.8) is 0 Å². The van der Waals surface area contributed by atoms with Crippen LogP contribution in [0, 0.1) is 27.7 Å². The van der Waals surface area contributed by atoms with Crippen LogP contribution in [0.3, 0.4) is 0 Å². The van der Waals surface area contributed by atoms with E-state index in [0.717, 1.165) is 22.6 Å². The molecule has 0 radical (unpaired) electrons. The molecule has 0 fully saturated rings. The minimum absolute atomic E-state index is 0.0525. The van der Waals surface area contributed by atoms with Crippen molar-refractivity contribution in [1.29, 1.82) is 0 Å². The molecule has 0 spiro atoms. The molecule has 1 heterocycles. The van der Waals surface area contributed by atoms with Gasteiger partial charge in [-0.15, -0.1) is 0 Å². The summed E-state index contributed by atoms with van der Waals surface area (Å²) in [5, 5.41) is 3.51. The highest BCUT2D eigenvalue weighted by atomic mass is 32.2. The molecular weight excluding hydrogens is 282 g/mol. The van der Waals surface area contributed by atoms with Gasteiger partial charge in [0.15, 0.2) is 5.16 Å². The molecule has 0 aliphatic carbocycles. The molecule has 0 atom stereocenters. The van der Waals surface area contributed by atoms with E-state index in [4.69, 9.17) is 0 Å². The van der Waals surface area contributed by atoms with Crippen molar-refractivity contribution in [3.05, 3.63) is 46.8 Å². The molecule has 21 heavy (non-hydrogen) atoms. The Morgan fingerprint density at radius 1 is 1.05 bits per heavy atom. The molecule has 1 amide bonds. The molecule has 2 aromatic rings. The summed E-state index contributed by atoms with van der Waals surface area (Å²) >= 11 is 1.35. The summed E-state index contributed by atoms with van der Waals surface area (Å²) in [7, 11) is 0. The fourth-order valence-corrected chi connectivity index (χ4v) is 2.51. The number of anilines is 1. The summed E-state index contributed by atoms with van der Waals surface area (Å²) in [6.45, 7) is 7.94. The van der Waals surface area contributed by atoms with Crippen LogP contribution in [0.1, 0.15) is 22.5 Å². The van der Waals surface area contributed by atoms with E-state index >= 15 is 0 Å². The van der Waals surface area contributed by atoms with Crippen LogP contribution in [0.5, 0.6) is 0 Å². The van der Waals surface area contributed by atoms with Gasteiger partial charge in [-0.2, -0.15) is 0 Å². The lowest BCUT2D eigenvalue weighted by molar-refractivity contribution is -0.113. The second kappa shape index (κ2) is 6.72. The Labute approximate surface area is 129 Å². The quantitative estimate of drug-likeness (QED) is 0.694. The average molecular weight is 301 g/mol. The van der Waals surface area contributed by atoms with E-state index in [2.05, 4.69) is 15.3 Å². The molecule has 1 aromatic carbocycles. The zero-order valence-corrected chi connectivity index (χ0v) is 13.5. The average Bonchev–Trinajstić information content (AvgIpc) is 2.45. The number of thioether (sulfide) groups is 1. The number of nitrogens with zero attached hydrogens (tertiary/aromatic N) is 2. The maximum Gasteiger partial charge on any atom is 0.234 e. The van der Waals surface area contributed by atoms with Gasteiger partial charge in [-0.05, 0) is 45.4 Å². The summed E-state index contributed by atoms with van der Waals surface area (Å²) in [4.78, 5) is 20.7. The van der Waals surface area contributed by atoms with Crippen LogP contribution >= 0.6 is 11.8 Å². The van der Waals surface area contributed by atoms with Crippen molar-refractivity contribution in [1.82, 2.24) is 9.97 Å². The molecule has 0 aliphatic heterocycles. The lowest BCUT2D eigenvalue weighted by Gasteiger charge is -2.07. The first-order valence-electron chi connectivity index (χ1n) is 6.77. The van der Waals surface area contributed by atoms with Crippen LogP contribution in [0.15, 0.2) is 29.4 Å². The molecule has 0 unspecified atom stereocenters. The number of amides is 1. The zero-order chi connectivity index (χ0) is 15.4. The molecule has 4 nitrogen and oxygen atoms in total. The van der Waals surface area contributed by atoms with E-state index in [1.165, 1.54) is 17.3 Å². The Hall–Kier alpha value is -1.88. The number of carbonyl (C=O) groups excluding carboxylic acids is 1. The van der Waals surface area contributed by atoms with Crippen molar-refractivity contribution in [2.45, 2.75) is 32.9 Å². The first-order chi connectivity index (χ1) is 9.95. The van der Waals surface area contributed by atoms with Crippen molar-refractivity contribution >= 4 is 23.4 Å². The van der Waals surface area contributed by atoms with Gasteiger partial charge in [0.05, 0.1) is 5.75 Å². The fourth-order valence-electron chi connectivity index (χ4n) is 1.77. The standard InChI is InChI=1S/C16H19N3OS/c1-10-5-7-14(8-6-10)19-15(20)9-21-16-17-12(3)11(2)13(4)18-16/h5-8H,9H2,1-4H3,(H,19,20).